The number of Topliss-reactive ketones (excluding diaryl/α,β-unsaturated/α-hetero) is 2. The number of carbonyl (C=O) groups is 2. The molecule has 1 saturated carbocycles. The zero-order valence-electron chi connectivity index (χ0n) is 22.8. The van der Waals surface area contributed by atoms with E-state index < -0.39 is 5.54 Å². The molecule has 0 unspecified atom stereocenters. The quantitative estimate of drug-likeness (QED) is 0.169. The summed E-state index contributed by atoms with van der Waals surface area (Å²) in [5, 5.41) is 15.0. The van der Waals surface area contributed by atoms with E-state index in [9.17, 15) is 14.8 Å². The minimum absolute atomic E-state index is 0.0770. The van der Waals surface area contributed by atoms with E-state index in [1.54, 1.807) is 0 Å². The number of carbonyl (C=O) groups excluding carboxylic acids is 2. The molecule has 3 aromatic rings. The van der Waals surface area contributed by atoms with Gasteiger partial charge in [-0.3, -0.25) is 14.5 Å². The Morgan fingerprint density at radius 1 is 0.974 bits per heavy atom. The van der Waals surface area contributed by atoms with Crippen LogP contribution in [0.4, 0.5) is 0 Å². The van der Waals surface area contributed by atoms with Crippen molar-refractivity contribution < 1.29 is 19.5 Å². The Kier molecular flexibility index (Phi) is 7.68. The highest BCUT2D eigenvalue weighted by atomic mass is 16.5. The standard InChI is InChI=1S/C31H39N3O4/c1-4-34-27-12-10-22(29(35)26(32-37)18-21-8-6-5-7-9-21)19-24(27)25-20-23(11-13-28(25)34)30(36)31(2,3)33-14-16-38-17-15-33/h10-13,19-21,37H,4-9,14-18H2,1-3H3/b32-26+. The largest absolute Gasteiger partial charge is 0.411 e. The molecule has 7 heteroatoms. The molecule has 1 aliphatic carbocycles. The summed E-state index contributed by atoms with van der Waals surface area (Å²) in [6.45, 7) is 9.57. The Hall–Kier alpha value is -3.03. The summed E-state index contributed by atoms with van der Waals surface area (Å²) in [6.07, 6.45) is 6.24. The first-order valence-corrected chi connectivity index (χ1v) is 14.0. The number of hydrogen-bond donors (Lipinski definition) is 1. The second-order valence-electron chi connectivity index (χ2n) is 11.3. The number of nitrogens with zero attached hydrogens (tertiary/aromatic N) is 3. The van der Waals surface area contributed by atoms with Gasteiger partial charge in [0.15, 0.2) is 5.78 Å². The first kappa shape index (κ1) is 26.6. The Bertz CT molecular complexity index is 1370. The third kappa shape index (κ3) is 4.90. The summed E-state index contributed by atoms with van der Waals surface area (Å²) in [4.78, 5) is 29.3. The molecule has 2 fully saturated rings. The first-order chi connectivity index (χ1) is 18.3. The number of morpholine rings is 1. The van der Waals surface area contributed by atoms with Crippen molar-refractivity contribution >= 4 is 39.1 Å². The fourth-order valence-corrected chi connectivity index (χ4v) is 6.36. The smallest absolute Gasteiger partial charge is 0.210 e. The van der Waals surface area contributed by atoms with E-state index in [1.165, 1.54) is 19.3 Å². The van der Waals surface area contributed by atoms with Gasteiger partial charge in [0.05, 0.1) is 18.8 Å². The zero-order valence-corrected chi connectivity index (χ0v) is 22.8. The van der Waals surface area contributed by atoms with Crippen LogP contribution < -0.4 is 0 Å². The van der Waals surface area contributed by atoms with Crippen molar-refractivity contribution in [3.05, 3.63) is 47.5 Å². The van der Waals surface area contributed by atoms with Crippen LogP contribution in [-0.4, -0.2) is 63.8 Å². The molecular formula is C31H39N3O4. The number of fused-ring (bicyclic) bond motifs is 3. The summed E-state index contributed by atoms with van der Waals surface area (Å²) < 4.78 is 7.70. The van der Waals surface area contributed by atoms with Gasteiger partial charge in [-0.1, -0.05) is 37.3 Å². The lowest BCUT2D eigenvalue weighted by Crippen LogP contribution is -2.54. The minimum Gasteiger partial charge on any atom is -0.411 e. The highest BCUT2D eigenvalue weighted by Crippen LogP contribution is 2.33. The average molecular weight is 518 g/mol. The van der Waals surface area contributed by atoms with E-state index in [4.69, 9.17) is 4.74 Å². The van der Waals surface area contributed by atoms with Crippen LogP contribution in [0.1, 0.15) is 80.0 Å². The predicted octanol–water partition coefficient (Wildman–Crippen LogP) is 6.09. The Morgan fingerprint density at radius 2 is 1.58 bits per heavy atom. The van der Waals surface area contributed by atoms with Gasteiger partial charge in [-0.25, -0.2) is 0 Å². The van der Waals surface area contributed by atoms with E-state index in [2.05, 4.69) is 21.5 Å². The van der Waals surface area contributed by atoms with Crippen LogP contribution in [0, 0.1) is 5.92 Å². The molecule has 38 heavy (non-hydrogen) atoms. The van der Waals surface area contributed by atoms with Crippen molar-refractivity contribution in [3.8, 4) is 0 Å². The molecule has 5 rings (SSSR count). The molecule has 1 saturated heterocycles. The van der Waals surface area contributed by atoms with Crippen LogP contribution in [-0.2, 0) is 11.3 Å². The molecule has 202 valence electrons. The number of benzene rings is 2. The van der Waals surface area contributed by atoms with E-state index >= 15 is 0 Å². The fraction of sp³-hybridized carbons (Fsp3) is 0.516. The van der Waals surface area contributed by atoms with Gasteiger partial charge in [-0.15, -0.1) is 0 Å². The third-order valence-corrected chi connectivity index (χ3v) is 8.65. The number of oxime groups is 1. The summed E-state index contributed by atoms with van der Waals surface area (Å²) >= 11 is 0. The van der Waals surface area contributed by atoms with Gasteiger partial charge in [0.2, 0.25) is 5.78 Å². The summed E-state index contributed by atoms with van der Waals surface area (Å²) in [6, 6.07) is 11.6. The molecule has 0 spiro atoms. The molecule has 0 atom stereocenters. The van der Waals surface area contributed by atoms with E-state index in [1.807, 2.05) is 50.2 Å². The number of ether oxygens (including phenoxy) is 1. The van der Waals surface area contributed by atoms with Crippen LogP contribution in [0.2, 0.25) is 0 Å². The SMILES string of the molecule is CCn1c2ccc(C(=O)/C(CC3CCCCC3)=N/O)cc2c2cc(C(=O)C(C)(C)N3CCOCC3)ccc21. The maximum absolute atomic E-state index is 13.7. The van der Waals surface area contributed by atoms with Crippen LogP contribution in [0.25, 0.3) is 21.8 Å². The van der Waals surface area contributed by atoms with Crippen molar-refractivity contribution in [2.24, 2.45) is 11.1 Å². The molecular weight excluding hydrogens is 478 g/mol. The molecule has 1 aliphatic heterocycles. The fourth-order valence-electron chi connectivity index (χ4n) is 6.36. The number of hydrogen-bond acceptors (Lipinski definition) is 6. The molecule has 1 N–H and O–H groups in total. The summed E-state index contributed by atoms with van der Waals surface area (Å²) in [5.74, 6) is 0.249. The maximum Gasteiger partial charge on any atom is 0.210 e. The van der Waals surface area contributed by atoms with Crippen LogP contribution in [0.3, 0.4) is 0 Å². The zero-order chi connectivity index (χ0) is 26.9. The number of ketones is 2. The second-order valence-corrected chi connectivity index (χ2v) is 11.3. The van der Waals surface area contributed by atoms with Gasteiger partial charge in [0.1, 0.15) is 5.71 Å². The monoisotopic (exact) mass is 517 g/mol. The van der Waals surface area contributed by atoms with E-state index in [0.29, 0.717) is 36.7 Å². The molecule has 7 nitrogen and oxygen atoms in total. The minimum atomic E-state index is -0.646. The maximum atomic E-state index is 13.7. The van der Waals surface area contributed by atoms with E-state index in [0.717, 1.165) is 54.3 Å². The Labute approximate surface area is 224 Å². The van der Waals surface area contributed by atoms with Gasteiger partial charge in [0, 0.05) is 52.6 Å². The van der Waals surface area contributed by atoms with Crippen molar-refractivity contribution in [2.75, 3.05) is 26.3 Å². The molecule has 0 amide bonds. The van der Waals surface area contributed by atoms with Gasteiger partial charge >= 0.3 is 0 Å². The van der Waals surface area contributed by atoms with Gasteiger partial charge in [-0.05, 0) is 69.5 Å². The molecule has 2 aromatic carbocycles. The second kappa shape index (κ2) is 11.0. The topological polar surface area (TPSA) is 84.1 Å². The summed E-state index contributed by atoms with van der Waals surface area (Å²) in [7, 11) is 0. The van der Waals surface area contributed by atoms with Crippen LogP contribution in [0.15, 0.2) is 41.6 Å². The van der Waals surface area contributed by atoms with Crippen molar-refractivity contribution in [2.45, 2.75) is 71.4 Å². The third-order valence-electron chi connectivity index (χ3n) is 8.65. The number of aryl methyl sites for hydroxylation is 1. The highest BCUT2D eigenvalue weighted by Gasteiger charge is 2.36. The van der Waals surface area contributed by atoms with Gasteiger partial charge in [-0.2, -0.15) is 0 Å². The Balaban J connectivity index is 1.51. The van der Waals surface area contributed by atoms with Crippen LogP contribution in [0.5, 0.6) is 0 Å². The van der Waals surface area contributed by atoms with Crippen molar-refractivity contribution in [1.29, 1.82) is 0 Å². The predicted molar refractivity (Wildman–Crippen MR) is 151 cm³/mol. The van der Waals surface area contributed by atoms with E-state index in [-0.39, 0.29) is 17.3 Å². The molecule has 2 aliphatic rings. The lowest BCUT2D eigenvalue weighted by atomic mass is 9.84. The number of rotatable bonds is 8. The molecule has 2 heterocycles. The van der Waals surface area contributed by atoms with Gasteiger partial charge in [0.25, 0.3) is 0 Å². The highest BCUT2D eigenvalue weighted by molar-refractivity contribution is 6.46. The van der Waals surface area contributed by atoms with Crippen LogP contribution >= 0.6 is 0 Å². The number of aromatic nitrogens is 1. The lowest BCUT2D eigenvalue weighted by molar-refractivity contribution is -0.00429. The summed E-state index contributed by atoms with van der Waals surface area (Å²) in [5.41, 5.74) is 2.82. The van der Waals surface area contributed by atoms with Gasteiger partial charge < -0.3 is 14.5 Å². The average Bonchev–Trinajstić information content (AvgIpc) is 3.28. The first-order valence-electron chi connectivity index (χ1n) is 14.0. The van der Waals surface area contributed by atoms with Crippen molar-refractivity contribution in [3.63, 3.8) is 0 Å². The lowest BCUT2D eigenvalue weighted by Gasteiger charge is -2.39. The molecule has 0 bridgehead atoms. The Morgan fingerprint density at radius 3 is 2.18 bits per heavy atom. The van der Waals surface area contributed by atoms with Crippen molar-refractivity contribution in [1.82, 2.24) is 9.47 Å². The normalized spacial score (nSPS) is 18.3. The molecule has 0 radical (unpaired) electrons. The molecule has 1 aromatic heterocycles.